The minimum atomic E-state index is -0.0563. The van der Waals surface area contributed by atoms with Crippen molar-refractivity contribution in [3.8, 4) is 56.6 Å². The van der Waals surface area contributed by atoms with E-state index in [0.29, 0.717) is 23.0 Å². The van der Waals surface area contributed by atoms with Crippen LogP contribution in [0.1, 0.15) is 52.7 Å². The molecule has 8 rings (SSSR count). The first kappa shape index (κ1) is 42.0. The maximum Gasteiger partial charge on any atom is 3.00 e. The molecule has 0 atom stereocenters. The van der Waals surface area contributed by atoms with Crippen LogP contribution in [0.25, 0.3) is 33.6 Å². The average Bonchev–Trinajstić information content (AvgIpc) is 3.24. The van der Waals surface area contributed by atoms with Gasteiger partial charge in [-0.3, -0.25) is 0 Å². The zero-order valence-electron chi connectivity index (χ0n) is 34.8. The van der Waals surface area contributed by atoms with Crippen molar-refractivity contribution < 1.29 is 31.9 Å². The summed E-state index contributed by atoms with van der Waals surface area (Å²) in [5.74, 6) is 2.39. The number of benzene rings is 7. The van der Waals surface area contributed by atoms with E-state index in [0.717, 1.165) is 50.7 Å². The van der Waals surface area contributed by atoms with Crippen LogP contribution in [0.15, 0.2) is 176 Å². The minimum Gasteiger partial charge on any atom is -0.503 e. The van der Waals surface area contributed by atoms with Crippen LogP contribution in [-0.4, -0.2) is 4.98 Å². The molecule has 300 valence electrons. The molecule has 7 aromatic carbocycles. The Labute approximate surface area is 371 Å². The van der Waals surface area contributed by atoms with Gasteiger partial charge in [0.2, 0.25) is 0 Å². The number of para-hydroxylation sites is 4. The van der Waals surface area contributed by atoms with Gasteiger partial charge in [-0.25, -0.2) is 0 Å². The zero-order valence-corrected chi connectivity index (χ0v) is 36.9. The second kappa shape index (κ2) is 18.0. The summed E-state index contributed by atoms with van der Waals surface area (Å²) in [6, 6.07) is 69.8. The average molecular weight is 965 g/mol. The Kier molecular flexibility index (Phi) is 12.6. The Bertz CT molecular complexity index is 2520. The molecule has 0 aliphatic carbocycles. The van der Waals surface area contributed by atoms with E-state index in [4.69, 9.17) is 14.5 Å². The van der Waals surface area contributed by atoms with Crippen LogP contribution in [0.4, 0.5) is 17.1 Å². The van der Waals surface area contributed by atoms with Crippen molar-refractivity contribution in [2.75, 3.05) is 4.90 Å². The molecule has 8 aromatic rings. The number of hydrogen-bond acceptors (Lipinski definition) is 4. The van der Waals surface area contributed by atoms with Gasteiger partial charge < -0.3 is 19.4 Å². The molecule has 0 bridgehead atoms. The van der Waals surface area contributed by atoms with E-state index in [-0.39, 0.29) is 33.2 Å². The van der Waals surface area contributed by atoms with Gasteiger partial charge in [0.1, 0.15) is 5.75 Å². The van der Waals surface area contributed by atoms with Gasteiger partial charge in [-0.15, -0.1) is 53.6 Å². The molecule has 0 radical (unpaired) electrons. The van der Waals surface area contributed by atoms with E-state index in [2.05, 4.69) is 156 Å². The summed E-state index contributed by atoms with van der Waals surface area (Å²) in [4.78, 5) is 7.57. The maximum atomic E-state index is 6.41. The van der Waals surface area contributed by atoms with Crippen molar-refractivity contribution in [3.63, 3.8) is 0 Å². The van der Waals surface area contributed by atoms with Crippen molar-refractivity contribution in [3.05, 3.63) is 205 Å². The van der Waals surface area contributed by atoms with Gasteiger partial charge in [0, 0.05) is 22.9 Å². The fraction of sp³-hybridized carbons (Fsp3) is 0.145. The number of pyridine rings is 1. The first-order valence-electron chi connectivity index (χ1n) is 20.0. The van der Waals surface area contributed by atoms with E-state index in [1.165, 1.54) is 11.1 Å². The Balaban J connectivity index is 0.00000544. The zero-order chi connectivity index (χ0) is 41.0. The second-order valence-corrected chi connectivity index (χ2v) is 16.7. The van der Waals surface area contributed by atoms with Gasteiger partial charge in [0.05, 0.1) is 5.75 Å². The fourth-order valence-corrected chi connectivity index (χ4v) is 6.90. The van der Waals surface area contributed by atoms with E-state index >= 15 is 0 Å². The molecule has 0 unspecified atom stereocenters. The topological polar surface area (TPSA) is 34.6 Å². The standard InChI is InChI=1S/C55H47N2O2.Au/c1-54(2,3)43-31-40(32-44(37-43)55(4,5)6)41-35-52(39-27-29-47(30-28-39)57(45-19-11-7-12-20-45)46-21-13-8-14-22-46)56-53(36-41)42-33-50(58-48-23-15-9-16-24-48)38-51(34-42)59-49-25-17-10-18-26-49;/h7-25,27,29-33,35-38H,1-6H3;/q-3;+3. The molecular formula is C55H47AuN2O2. The van der Waals surface area contributed by atoms with E-state index in [1.807, 2.05) is 84.9 Å². The Morgan fingerprint density at radius 2 is 1.03 bits per heavy atom. The molecule has 0 fully saturated rings. The summed E-state index contributed by atoms with van der Waals surface area (Å²) in [5, 5.41) is 0. The summed E-state index contributed by atoms with van der Waals surface area (Å²) in [5.41, 5.74) is 10.8. The third-order valence-corrected chi connectivity index (χ3v) is 10.2. The van der Waals surface area contributed by atoms with Crippen LogP contribution in [0.2, 0.25) is 0 Å². The molecule has 0 saturated heterocycles. The quantitative estimate of drug-likeness (QED) is 0.101. The first-order valence-corrected chi connectivity index (χ1v) is 20.0. The first-order chi connectivity index (χ1) is 28.5. The van der Waals surface area contributed by atoms with E-state index in [9.17, 15) is 0 Å². The van der Waals surface area contributed by atoms with E-state index in [1.54, 1.807) is 0 Å². The number of rotatable bonds is 10. The van der Waals surface area contributed by atoms with Crippen molar-refractivity contribution in [2.45, 2.75) is 52.4 Å². The fourth-order valence-electron chi connectivity index (χ4n) is 6.90. The van der Waals surface area contributed by atoms with Crippen molar-refractivity contribution in [1.29, 1.82) is 0 Å². The van der Waals surface area contributed by atoms with Gasteiger partial charge in [0.25, 0.3) is 0 Å². The summed E-state index contributed by atoms with van der Waals surface area (Å²) >= 11 is 0. The summed E-state index contributed by atoms with van der Waals surface area (Å²) in [6.45, 7) is 13.6. The number of anilines is 3. The predicted molar refractivity (Wildman–Crippen MR) is 242 cm³/mol. The monoisotopic (exact) mass is 964 g/mol. The molecule has 1 aromatic heterocycles. The maximum absolute atomic E-state index is 6.41. The normalized spacial score (nSPS) is 11.4. The van der Waals surface area contributed by atoms with Gasteiger partial charge in [-0.1, -0.05) is 139 Å². The van der Waals surface area contributed by atoms with Crippen LogP contribution >= 0.6 is 0 Å². The minimum absolute atomic E-state index is 0. The number of aromatic nitrogens is 1. The van der Waals surface area contributed by atoms with Crippen molar-refractivity contribution >= 4 is 17.1 Å². The van der Waals surface area contributed by atoms with Gasteiger partial charge in [-0.05, 0) is 86.6 Å². The molecule has 0 N–H and O–H groups in total. The van der Waals surface area contributed by atoms with Crippen molar-refractivity contribution in [2.24, 2.45) is 0 Å². The summed E-state index contributed by atoms with van der Waals surface area (Å²) < 4.78 is 12.7. The number of hydrogen-bond donors (Lipinski definition) is 0. The molecule has 5 heteroatoms. The van der Waals surface area contributed by atoms with Crippen LogP contribution in [0, 0.1) is 18.2 Å². The summed E-state index contributed by atoms with van der Waals surface area (Å²) in [6.07, 6.45) is 0. The third-order valence-electron chi connectivity index (χ3n) is 10.2. The molecule has 0 amide bonds. The molecule has 0 aliphatic heterocycles. The van der Waals surface area contributed by atoms with Crippen LogP contribution in [0.3, 0.4) is 0 Å². The molecule has 0 aliphatic rings. The van der Waals surface area contributed by atoms with Crippen LogP contribution in [0.5, 0.6) is 23.0 Å². The Hall–Kier alpha value is -6.17. The van der Waals surface area contributed by atoms with Crippen molar-refractivity contribution in [1.82, 2.24) is 4.98 Å². The van der Waals surface area contributed by atoms with Gasteiger partial charge in [-0.2, -0.15) is 18.2 Å². The Morgan fingerprint density at radius 1 is 0.467 bits per heavy atom. The third kappa shape index (κ3) is 9.98. The smallest absolute Gasteiger partial charge is 0.503 e. The SMILES string of the molecule is CC(C)(C)c1cc(-c2cc(-c3[c-]cc(N(c4ccccc4)c4ccccc4)cc3)nc(-c3[c-]c(Oc4[c-]cccc4)cc(Oc4ccccc4)c3)c2)cc(C(C)(C)C)c1.[Au+3]. The second-order valence-electron chi connectivity index (χ2n) is 16.7. The number of nitrogens with zero attached hydrogens (tertiary/aromatic N) is 2. The number of ether oxygens (including phenoxy) is 2. The molecule has 0 saturated carbocycles. The predicted octanol–water partition coefficient (Wildman–Crippen LogP) is 15.1. The Morgan fingerprint density at radius 3 is 1.58 bits per heavy atom. The molecular weight excluding hydrogens is 918 g/mol. The van der Waals surface area contributed by atoms with Gasteiger partial charge in [0.15, 0.2) is 0 Å². The summed E-state index contributed by atoms with van der Waals surface area (Å²) in [7, 11) is 0. The van der Waals surface area contributed by atoms with Crippen LogP contribution in [-0.2, 0) is 33.2 Å². The van der Waals surface area contributed by atoms with E-state index < -0.39 is 0 Å². The van der Waals surface area contributed by atoms with Gasteiger partial charge >= 0.3 is 22.4 Å². The van der Waals surface area contributed by atoms with Crippen LogP contribution < -0.4 is 14.4 Å². The molecule has 4 nitrogen and oxygen atoms in total. The largest absolute Gasteiger partial charge is 3.00 e. The molecule has 0 spiro atoms. The molecule has 60 heavy (non-hydrogen) atoms. The molecule has 1 heterocycles.